The van der Waals surface area contributed by atoms with Gasteiger partial charge in [-0.2, -0.15) is 0 Å². The van der Waals surface area contributed by atoms with Gasteiger partial charge in [0.2, 0.25) is 0 Å². The summed E-state index contributed by atoms with van der Waals surface area (Å²) in [6.07, 6.45) is 4.98. The number of hydrogen-bond donors (Lipinski definition) is 0. The van der Waals surface area contributed by atoms with Crippen molar-refractivity contribution in [1.29, 1.82) is 0 Å². The van der Waals surface area contributed by atoms with Gasteiger partial charge >= 0.3 is 0 Å². The molecule has 0 radical (unpaired) electrons. The fourth-order valence-electron chi connectivity index (χ4n) is 2.91. The number of amides is 1. The molecule has 1 aliphatic heterocycles. The van der Waals surface area contributed by atoms with Crippen molar-refractivity contribution >= 4 is 5.91 Å². The van der Waals surface area contributed by atoms with E-state index in [0.29, 0.717) is 17.8 Å². The lowest BCUT2D eigenvalue weighted by Gasteiger charge is -2.16. The first-order valence-corrected chi connectivity index (χ1v) is 8.64. The molecule has 4 nitrogen and oxygen atoms in total. The van der Waals surface area contributed by atoms with Crippen molar-refractivity contribution in [2.75, 3.05) is 0 Å². The smallest absolute Gasteiger partial charge is 0.273 e. The number of hydrogen-bond acceptors (Lipinski definition) is 3. The third kappa shape index (κ3) is 3.47. The first-order chi connectivity index (χ1) is 12.7. The molecule has 0 N–H and O–H groups in total. The average molecular weight is 349 g/mol. The molecule has 0 saturated heterocycles. The molecule has 0 aliphatic carbocycles. The molecule has 3 heterocycles. The van der Waals surface area contributed by atoms with Crippen LogP contribution in [0.5, 0.6) is 0 Å². The lowest BCUT2D eigenvalue weighted by atomic mass is 10.0. The zero-order valence-electron chi connectivity index (χ0n) is 14.8. The van der Waals surface area contributed by atoms with Crippen LogP contribution in [0.2, 0.25) is 0 Å². The number of aromatic nitrogens is 2. The minimum Gasteiger partial charge on any atom is -0.328 e. The molecular formula is C21H20FN3O. The van der Waals surface area contributed by atoms with E-state index in [4.69, 9.17) is 0 Å². The predicted octanol–water partition coefficient (Wildman–Crippen LogP) is 4.46. The normalized spacial score (nSPS) is 12.4. The Hall–Kier alpha value is -3.08. The Morgan fingerprint density at radius 3 is 2.58 bits per heavy atom. The first-order valence-electron chi connectivity index (χ1n) is 8.64. The van der Waals surface area contributed by atoms with Crippen molar-refractivity contribution in [3.05, 3.63) is 83.7 Å². The van der Waals surface area contributed by atoms with Gasteiger partial charge < -0.3 is 4.90 Å². The Morgan fingerprint density at radius 2 is 1.88 bits per heavy atom. The Balaban J connectivity index is 0.000000948. The van der Waals surface area contributed by atoms with Crippen molar-refractivity contribution in [3.63, 3.8) is 0 Å². The van der Waals surface area contributed by atoms with Gasteiger partial charge in [-0.1, -0.05) is 38.1 Å². The molecule has 3 aromatic rings. The number of pyridine rings is 2. The Morgan fingerprint density at radius 1 is 1.08 bits per heavy atom. The average Bonchev–Trinajstić information content (AvgIpc) is 3.01. The summed E-state index contributed by atoms with van der Waals surface area (Å²) in [7, 11) is 0. The van der Waals surface area contributed by atoms with Crippen LogP contribution in [-0.4, -0.2) is 20.8 Å². The van der Waals surface area contributed by atoms with Crippen molar-refractivity contribution in [2.24, 2.45) is 0 Å². The number of halogens is 1. The van der Waals surface area contributed by atoms with Crippen LogP contribution in [-0.2, 0) is 13.1 Å². The number of nitrogens with zero attached hydrogens (tertiary/aromatic N) is 3. The van der Waals surface area contributed by atoms with Crippen LogP contribution in [0.4, 0.5) is 4.39 Å². The highest BCUT2D eigenvalue weighted by molar-refractivity contribution is 5.96. The van der Waals surface area contributed by atoms with Crippen molar-refractivity contribution in [3.8, 4) is 11.1 Å². The monoisotopic (exact) mass is 349 g/mol. The molecule has 26 heavy (non-hydrogen) atoms. The van der Waals surface area contributed by atoms with E-state index >= 15 is 0 Å². The summed E-state index contributed by atoms with van der Waals surface area (Å²) in [5, 5.41) is 0. The molecule has 5 heteroatoms. The van der Waals surface area contributed by atoms with Crippen molar-refractivity contribution in [2.45, 2.75) is 26.9 Å². The summed E-state index contributed by atoms with van der Waals surface area (Å²) in [4.78, 5) is 22.1. The molecule has 1 amide bonds. The van der Waals surface area contributed by atoms with Crippen LogP contribution in [0.25, 0.3) is 11.1 Å². The fraction of sp³-hybridized carbons (Fsp3) is 0.190. The molecule has 1 aliphatic rings. The van der Waals surface area contributed by atoms with E-state index in [1.807, 2.05) is 38.1 Å². The number of fused-ring (bicyclic) bond motifs is 1. The molecule has 132 valence electrons. The van der Waals surface area contributed by atoms with Crippen LogP contribution in [0.3, 0.4) is 0 Å². The maximum Gasteiger partial charge on any atom is 0.273 e. The summed E-state index contributed by atoms with van der Waals surface area (Å²) in [5.41, 5.74) is 3.46. The molecular weight excluding hydrogens is 329 g/mol. The summed E-state index contributed by atoms with van der Waals surface area (Å²) < 4.78 is 14.5. The van der Waals surface area contributed by atoms with Crippen LogP contribution < -0.4 is 0 Å². The van der Waals surface area contributed by atoms with E-state index in [-0.39, 0.29) is 18.3 Å². The number of benzene rings is 1. The second-order valence-corrected chi connectivity index (χ2v) is 5.72. The van der Waals surface area contributed by atoms with E-state index in [1.54, 1.807) is 35.6 Å². The highest BCUT2D eigenvalue weighted by Gasteiger charge is 2.28. The summed E-state index contributed by atoms with van der Waals surface area (Å²) in [6, 6.07) is 12.4. The molecule has 2 aromatic heterocycles. The van der Waals surface area contributed by atoms with Gasteiger partial charge in [0.15, 0.2) is 0 Å². The molecule has 0 spiro atoms. The summed E-state index contributed by atoms with van der Waals surface area (Å²) >= 11 is 0. The minimum atomic E-state index is -0.326. The van der Waals surface area contributed by atoms with E-state index < -0.39 is 0 Å². The van der Waals surface area contributed by atoms with Gasteiger partial charge in [0.1, 0.15) is 11.5 Å². The zero-order chi connectivity index (χ0) is 18.5. The maximum absolute atomic E-state index is 14.5. The number of carbonyl (C=O) groups excluding carboxylic acids is 1. The summed E-state index contributed by atoms with van der Waals surface area (Å²) in [5.74, 6) is -0.477. The predicted molar refractivity (Wildman–Crippen MR) is 98.8 cm³/mol. The van der Waals surface area contributed by atoms with Gasteiger partial charge in [-0.25, -0.2) is 4.39 Å². The molecule has 0 fully saturated rings. The van der Waals surface area contributed by atoms with Gasteiger partial charge in [0.05, 0.1) is 0 Å². The Bertz CT molecular complexity index is 912. The molecule has 0 atom stereocenters. The zero-order valence-corrected chi connectivity index (χ0v) is 14.8. The van der Waals surface area contributed by atoms with E-state index in [1.165, 1.54) is 6.07 Å². The first kappa shape index (κ1) is 17.7. The Kier molecular flexibility index (Phi) is 5.37. The lowest BCUT2D eigenvalue weighted by molar-refractivity contribution is 0.0761. The third-order valence-corrected chi connectivity index (χ3v) is 4.15. The van der Waals surface area contributed by atoms with Crippen LogP contribution in [0, 0.1) is 5.82 Å². The second kappa shape index (κ2) is 7.87. The number of carbonyl (C=O) groups is 1. The lowest BCUT2D eigenvalue weighted by Crippen LogP contribution is -2.24. The highest BCUT2D eigenvalue weighted by Crippen LogP contribution is 2.25. The van der Waals surface area contributed by atoms with Gasteiger partial charge in [-0.3, -0.25) is 14.8 Å². The van der Waals surface area contributed by atoms with Crippen LogP contribution in [0.15, 0.2) is 61.1 Å². The van der Waals surface area contributed by atoms with E-state index in [0.717, 1.165) is 16.7 Å². The molecule has 0 unspecified atom stereocenters. The molecule has 1 aromatic carbocycles. The molecule has 0 bridgehead atoms. The fourth-order valence-corrected chi connectivity index (χ4v) is 2.91. The van der Waals surface area contributed by atoms with E-state index in [2.05, 4.69) is 9.97 Å². The molecule has 0 saturated carbocycles. The van der Waals surface area contributed by atoms with Crippen molar-refractivity contribution < 1.29 is 9.18 Å². The van der Waals surface area contributed by atoms with Gasteiger partial charge in [-0.15, -0.1) is 0 Å². The van der Waals surface area contributed by atoms with Gasteiger partial charge in [-0.05, 0) is 23.8 Å². The van der Waals surface area contributed by atoms with Crippen LogP contribution >= 0.6 is 0 Å². The largest absolute Gasteiger partial charge is 0.328 e. The Labute approximate surface area is 152 Å². The highest BCUT2D eigenvalue weighted by atomic mass is 19.1. The van der Waals surface area contributed by atoms with Gasteiger partial charge in [0, 0.05) is 48.4 Å². The SMILES string of the molecule is CC.O=C1c2ncccc2CN1Cc1ccc(-c2cccnc2)cc1F. The third-order valence-electron chi connectivity index (χ3n) is 4.15. The quantitative estimate of drug-likeness (QED) is 0.701. The topological polar surface area (TPSA) is 46.1 Å². The minimum absolute atomic E-state index is 0.152. The maximum atomic E-state index is 14.5. The summed E-state index contributed by atoms with van der Waals surface area (Å²) in [6.45, 7) is 4.69. The van der Waals surface area contributed by atoms with Gasteiger partial charge in [0.25, 0.3) is 5.91 Å². The molecule has 4 rings (SSSR count). The van der Waals surface area contributed by atoms with Crippen molar-refractivity contribution in [1.82, 2.24) is 14.9 Å². The number of rotatable bonds is 3. The van der Waals surface area contributed by atoms with Crippen LogP contribution in [0.1, 0.15) is 35.5 Å². The standard InChI is InChI=1S/C19H14FN3O.C2H6/c20-17-9-13(14-3-1-7-21-10-14)5-6-15(17)11-23-12-16-4-2-8-22-18(16)19(23)24;1-2/h1-10H,11-12H2;1-2H3. The van der Waals surface area contributed by atoms with E-state index in [9.17, 15) is 9.18 Å². The second-order valence-electron chi connectivity index (χ2n) is 5.72.